The number of amides is 2. The van der Waals surface area contributed by atoms with E-state index in [1.54, 1.807) is 18.2 Å². The van der Waals surface area contributed by atoms with E-state index in [0.29, 0.717) is 0 Å². The monoisotopic (exact) mass is 382 g/mol. The summed E-state index contributed by atoms with van der Waals surface area (Å²) < 4.78 is 35.5. The second kappa shape index (κ2) is 8.25. The summed E-state index contributed by atoms with van der Waals surface area (Å²) in [6.45, 7) is 0. The van der Waals surface area contributed by atoms with Crippen LogP contribution in [-0.2, 0) is 29.4 Å². The van der Waals surface area contributed by atoms with Crippen LogP contribution in [0.2, 0.25) is 0 Å². The summed E-state index contributed by atoms with van der Waals surface area (Å²) in [6.07, 6.45) is -1.63. The van der Waals surface area contributed by atoms with Gasteiger partial charge in [-0.1, -0.05) is 30.3 Å². The molecule has 2 rings (SSSR count). The number of β-lactam (4-membered cyclic amide) rings is 1. The van der Waals surface area contributed by atoms with Crippen molar-refractivity contribution in [1.82, 2.24) is 9.62 Å². The summed E-state index contributed by atoms with van der Waals surface area (Å²) >= 11 is 0. The minimum absolute atomic E-state index is 0. The Labute approximate surface area is 166 Å². The molecule has 25 heavy (non-hydrogen) atoms. The average Bonchev–Trinajstić information content (AvgIpc) is 2.55. The summed E-state index contributed by atoms with van der Waals surface area (Å²) in [5.41, 5.74) is 0.239. The number of hydrogen-bond acceptors (Lipinski definition) is 7. The zero-order valence-corrected chi connectivity index (χ0v) is 16.1. The number of rotatable bonds is 5. The second-order valence-electron chi connectivity index (χ2n) is 4.88. The molecular weight excluding hydrogens is 367 g/mol. The Hall–Kier alpha value is -1.50. The van der Waals surface area contributed by atoms with E-state index in [0.717, 1.165) is 7.11 Å². The van der Waals surface area contributed by atoms with E-state index < -0.39 is 46.3 Å². The van der Waals surface area contributed by atoms with Crippen molar-refractivity contribution in [3.05, 3.63) is 35.9 Å². The molecule has 1 aliphatic heterocycles. The smallest absolute Gasteiger partial charge is 1.00 e. The number of benzene rings is 1. The van der Waals surface area contributed by atoms with Gasteiger partial charge in [-0.25, -0.2) is 4.79 Å². The number of carbonyl (C=O) groups excluding carboxylic acids is 3. The standard InChI is InChI=1S/C13H14N2O8S.Na.H/c1-23-13(19)9-8(12(18)15(9)24(20,21)22)14-11(17)10(16)7-5-3-2-4-6-7;;/h2-6,8-10,16H,1H3,(H,14,17)(H,20,21,22);;/q;+1;-1. The van der Waals surface area contributed by atoms with Crippen LogP contribution in [0.1, 0.15) is 13.1 Å². The van der Waals surface area contributed by atoms with Crippen LogP contribution in [0.3, 0.4) is 0 Å². The molecule has 0 spiro atoms. The van der Waals surface area contributed by atoms with Crippen molar-refractivity contribution in [3.8, 4) is 0 Å². The van der Waals surface area contributed by atoms with Crippen LogP contribution in [0.5, 0.6) is 0 Å². The summed E-state index contributed by atoms with van der Waals surface area (Å²) in [5.74, 6) is -3.38. The van der Waals surface area contributed by atoms with E-state index in [1.165, 1.54) is 12.1 Å². The third-order valence-corrected chi connectivity index (χ3v) is 4.31. The van der Waals surface area contributed by atoms with Gasteiger partial charge in [0.1, 0.15) is 6.04 Å². The zero-order valence-electron chi connectivity index (χ0n) is 14.3. The molecule has 3 unspecified atom stereocenters. The van der Waals surface area contributed by atoms with Gasteiger partial charge in [0.2, 0.25) is 0 Å². The maximum Gasteiger partial charge on any atom is 1.00 e. The maximum absolute atomic E-state index is 12.0. The SMILES string of the molecule is COC(=O)C1C(NC(=O)C(O)c2ccccc2)C(=O)N1S(=O)(=O)O.[H-].[Na+]. The first-order chi connectivity index (χ1) is 11.2. The molecule has 0 saturated carbocycles. The molecule has 1 fully saturated rings. The van der Waals surface area contributed by atoms with Crippen LogP contribution in [0, 0.1) is 0 Å². The van der Waals surface area contributed by atoms with Gasteiger partial charge in [-0.15, -0.1) is 0 Å². The first kappa shape index (κ1) is 21.5. The van der Waals surface area contributed by atoms with Crippen LogP contribution < -0.4 is 34.9 Å². The minimum Gasteiger partial charge on any atom is -1.00 e. The Balaban J connectivity index is 0.00000312. The van der Waals surface area contributed by atoms with E-state index >= 15 is 0 Å². The van der Waals surface area contributed by atoms with Crippen LogP contribution in [0.25, 0.3) is 0 Å². The van der Waals surface area contributed by atoms with E-state index in [4.69, 9.17) is 4.55 Å². The molecule has 10 nitrogen and oxygen atoms in total. The van der Waals surface area contributed by atoms with Gasteiger partial charge in [0.25, 0.3) is 11.8 Å². The largest absolute Gasteiger partial charge is 1.00 e. The molecule has 1 aromatic carbocycles. The van der Waals surface area contributed by atoms with Crippen molar-refractivity contribution < 1.29 is 68.2 Å². The first-order valence-electron chi connectivity index (χ1n) is 6.60. The molecule has 0 radical (unpaired) electrons. The van der Waals surface area contributed by atoms with Crippen molar-refractivity contribution in [1.29, 1.82) is 0 Å². The summed E-state index contributed by atoms with van der Waals surface area (Å²) in [5, 5.41) is 12.0. The molecule has 2 amide bonds. The summed E-state index contributed by atoms with van der Waals surface area (Å²) in [6, 6.07) is 4.44. The van der Waals surface area contributed by atoms with Gasteiger partial charge in [-0.3, -0.25) is 14.1 Å². The number of aliphatic hydroxyl groups is 1. The Morgan fingerprint density at radius 1 is 1.32 bits per heavy atom. The second-order valence-corrected chi connectivity index (χ2v) is 6.17. The molecule has 0 bridgehead atoms. The van der Waals surface area contributed by atoms with Crippen molar-refractivity contribution in [2.24, 2.45) is 0 Å². The van der Waals surface area contributed by atoms with Gasteiger partial charge >= 0.3 is 45.8 Å². The Morgan fingerprint density at radius 2 is 1.88 bits per heavy atom. The molecule has 132 valence electrons. The van der Waals surface area contributed by atoms with E-state index in [1.807, 2.05) is 0 Å². The molecule has 1 aliphatic rings. The van der Waals surface area contributed by atoms with Crippen LogP contribution >= 0.6 is 0 Å². The van der Waals surface area contributed by atoms with E-state index in [2.05, 4.69) is 10.1 Å². The predicted molar refractivity (Wildman–Crippen MR) is 78.6 cm³/mol. The quantitative estimate of drug-likeness (QED) is 0.200. The number of esters is 1. The summed E-state index contributed by atoms with van der Waals surface area (Å²) in [4.78, 5) is 35.4. The van der Waals surface area contributed by atoms with Gasteiger partial charge in [0.15, 0.2) is 12.1 Å². The number of nitrogens with one attached hydrogen (secondary N) is 1. The Morgan fingerprint density at radius 3 is 2.36 bits per heavy atom. The van der Waals surface area contributed by atoms with Gasteiger partial charge in [-0.2, -0.15) is 12.7 Å². The van der Waals surface area contributed by atoms with Crippen molar-refractivity contribution in [3.63, 3.8) is 0 Å². The molecule has 1 heterocycles. The molecule has 0 aromatic heterocycles. The normalized spacial score (nSPS) is 20.8. The topological polar surface area (TPSA) is 150 Å². The van der Waals surface area contributed by atoms with E-state index in [9.17, 15) is 27.9 Å². The fourth-order valence-corrected chi connectivity index (χ4v) is 3.07. The van der Waals surface area contributed by atoms with Crippen LogP contribution in [0.4, 0.5) is 0 Å². The predicted octanol–water partition coefficient (Wildman–Crippen LogP) is -4.49. The number of methoxy groups -OCH3 is 1. The number of hydrogen-bond donors (Lipinski definition) is 3. The zero-order chi connectivity index (χ0) is 18.1. The summed E-state index contributed by atoms with van der Waals surface area (Å²) in [7, 11) is -4.04. The molecule has 12 heteroatoms. The van der Waals surface area contributed by atoms with E-state index in [-0.39, 0.29) is 40.9 Å². The molecule has 1 saturated heterocycles. The number of nitrogens with zero attached hydrogens (tertiary/aromatic N) is 1. The maximum atomic E-state index is 12.0. The van der Waals surface area contributed by atoms with Gasteiger partial charge in [0.05, 0.1) is 7.11 Å². The molecule has 1 aromatic rings. The third kappa shape index (κ3) is 4.37. The fraction of sp³-hybridized carbons (Fsp3) is 0.308. The van der Waals surface area contributed by atoms with Gasteiger partial charge in [-0.05, 0) is 5.56 Å². The van der Waals surface area contributed by atoms with Crippen molar-refractivity contribution in [2.75, 3.05) is 7.11 Å². The Bertz CT molecular complexity index is 776. The van der Waals surface area contributed by atoms with Crippen molar-refractivity contribution in [2.45, 2.75) is 18.2 Å². The van der Waals surface area contributed by atoms with Crippen LogP contribution in [-0.4, -0.2) is 59.4 Å². The van der Waals surface area contributed by atoms with Gasteiger partial charge < -0.3 is 16.6 Å². The van der Waals surface area contributed by atoms with Crippen LogP contribution in [0.15, 0.2) is 30.3 Å². The van der Waals surface area contributed by atoms with Gasteiger partial charge in [0, 0.05) is 0 Å². The Kier molecular flexibility index (Phi) is 7.11. The van der Waals surface area contributed by atoms with Crippen molar-refractivity contribution >= 4 is 28.1 Å². The third-order valence-electron chi connectivity index (χ3n) is 3.40. The number of ether oxygens (including phenoxy) is 1. The first-order valence-corrected chi connectivity index (χ1v) is 8.00. The average molecular weight is 382 g/mol. The molecular formula is C13H15N2NaO8S. The fourth-order valence-electron chi connectivity index (χ4n) is 2.23. The number of carbonyl (C=O) groups is 3. The molecule has 3 N–H and O–H groups in total. The number of aliphatic hydroxyl groups excluding tert-OH is 1. The molecule has 0 aliphatic carbocycles. The molecule has 3 atom stereocenters. The minimum atomic E-state index is -4.99.